The van der Waals surface area contributed by atoms with Crippen molar-refractivity contribution in [3.63, 3.8) is 0 Å². The van der Waals surface area contributed by atoms with E-state index in [1.807, 2.05) is 0 Å². The summed E-state index contributed by atoms with van der Waals surface area (Å²) in [7, 11) is 0. The third kappa shape index (κ3) is 2.79. The van der Waals surface area contributed by atoms with Gasteiger partial charge in [0.05, 0.1) is 31.3 Å². The zero-order chi connectivity index (χ0) is 12.3. The van der Waals surface area contributed by atoms with Crippen molar-refractivity contribution < 1.29 is 9.84 Å². The van der Waals surface area contributed by atoms with Gasteiger partial charge in [0.25, 0.3) is 0 Å². The van der Waals surface area contributed by atoms with Crippen LogP contribution in [-0.4, -0.2) is 48.0 Å². The van der Waals surface area contributed by atoms with E-state index >= 15 is 0 Å². The number of ether oxygens (including phenoxy) is 1. The fourth-order valence-corrected chi connectivity index (χ4v) is 3.07. The van der Waals surface area contributed by atoms with Crippen molar-refractivity contribution in [2.24, 2.45) is 5.92 Å². The zero-order valence-electron chi connectivity index (χ0n) is 10.5. The van der Waals surface area contributed by atoms with Crippen LogP contribution in [0.3, 0.4) is 0 Å². The molecule has 4 atom stereocenters. The van der Waals surface area contributed by atoms with Crippen LogP contribution in [0.1, 0.15) is 32.6 Å². The monoisotopic (exact) mass is 238 g/mol. The van der Waals surface area contributed by atoms with Crippen molar-refractivity contribution in [3.8, 4) is 6.07 Å². The fourth-order valence-electron chi connectivity index (χ4n) is 3.07. The molecule has 0 bridgehead atoms. The standard InChI is InChI=1S/C13H22N2O2/c1-10-9-17-12(8-16)7-15(10)13-5-3-2-4-11(13)6-14/h10-13,16H,2-5,7-9H2,1H3. The second-order valence-electron chi connectivity index (χ2n) is 5.27. The van der Waals surface area contributed by atoms with Gasteiger partial charge in [0, 0.05) is 18.6 Å². The highest BCUT2D eigenvalue weighted by atomic mass is 16.5. The maximum Gasteiger partial charge on any atom is 0.0933 e. The molecule has 1 heterocycles. The van der Waals surface area contributed by atoms with E-state index in [9.17, 15) is 10.4 Å². The number of aliphatic hydroxyl groups excluding tert-OH is 1. The Morgan fingerprint density at radius 3 is 2.88 bits per heavy atom. The van der Waals surface area contributed by atoms with Crippen LogP contribution in [0.2, 0.25) is 0 Å². The number of nitrogens with zero attached hydrogens (tertiary/aromatic N) is 2. The molecule has 0 aromatic rings. The summed E-state index contributed by atoms with van der Waals surface area (Å²) in [5.41, 5.74) is 0. The Morgan fingerprint density at radius 2 is 2.18 bits per heavy atom. The Kier molecular flexibility index (Phi) is 4.38. The SMILES string of the molecule is CC1COC(CO)CN1C1CCCCC1C#N. The van der Waals surface area contributed by atoms with Gasteiger partial charge in [0.1, 0.15) is 0 Å². The van der Waals surface area contributed by atoms with Gasteiger partial charge in [-0.3, -0.25) is 4.90 Å². The number of morpholine rings is 1. The molecule has 2 aliphatic rings. The lowest BCUT2D eigenvalue weighted by atomic mass is 9.83. The molecule has 0 amide bonds. The molecule has 1 saturated heterocycles. The van der Waals surface area contributed by atoms with Crippen molar-refractivity contribution in [3.05, 3.63) is 0 Å². The summed E-state index contributed by atoms with van der Waals surface area (Å²) < 4.78 is 5.55. The maximum absolute atomic E-state index is 9.24. The highest BCUT2D eigenvalue weighted by Gasteiger charge is 2.36. The molecular weight excluding hydrogens is 216 g/mol. The normalized spacial score (nSPS) is 39.8. The van der Waals surface area contributed by atoms with E-state index in [0.717, 1.165) is 19.4 Å². The summed E-state index contributed by atoms with van der Waals surface area (Å²) in [6.45, 7) is 3.66. The van der Waals surface area contributed by atoms with E-state index in [1.165, 1.54) is 12.8 Å². The smallest absolute Gasteiger partial charge is 0.0933 e. The molecule has 1 saturated carbocycles. The first-order chi connectivity index (χ1) is 8.26. The van der Waals surface area contributed by atoms with E-state index in [1.54, 1.807) is 0 Å². The van der Waals surface area contributed by atoms with E-state index in [0.29, 0.717) is 18.7 Å². The number of aliphatic hydroxyl groups is 1. The minimum atomic E-state index is -0.0764. The Bertz CT molecular complexity index is 290. The van der Waals surface area contributed by atoms with Crippen molar-refractivity contribution in [2.45, 2.75) is 50.8 Å². The van der Waals surface area contributed by atoms with E-state index in [-0.39, 0.29) is 18.6 Å². The van der Waals surface area contributed by atoms with Gasteiger partial charge in [-0.25, -0.2) is 0 Å². The van der Waals surface area contributed by atoms with Gasteiger partial charge < -0.3 is 9.84 Å². The van der Waals surface area contributed by atoms with Crippen molar-refractivity contribution in [2.75, 3.05) is 19.8 Å². The second-order valence-corrected chi connectivity index (χ2v) is 5.27. The molecule has 1 aliphatic carbocycles. The molecule has 0 radical (unpaired) electrons. The molecule has 0 spiro atoms. The molecule has 2 rings (SSSR count). The van der Waals surface area contributed by atoms with Crippen LogP contribution < -0.4 is 0 Å². The number of rotatable bonds is 2. The largest absolute Gasteiger partial charge is 0.394 e. The van der Waals surface area contributed by atoms with Gasteiger partial charge in [-0.1, -0.05) is 12.8 Å². The summed E-state index contributed by atoms with van der Waals surface area (Å²) >= 11 is 0. The van der Waals surface area contributed by atoms with E-state index in [4.69, 9.17) is 4.74 Å². The highest BCUT2D eigenvalue weighted by molar-refractivity contribution is 4.98. The summed E-state index contributed by atoms with van der Waals surface area (Å²) in [5, 5.41) is 18.4. The lowest BCUT2D eigenvalue weighted by molar-refractivity contribution is -0.0992. The Morgan fingerprint density at radius 1 is 1.41 bits per heavy atom. The summed E-state index contributed by atoms with van der Waals surface area (Å²) in [4.78, 5) is 2.39. The molecule has 4 unspecified atom stereocenters. The lowest BCUT2D eigenvalue weighted by Gasteiger charge is -2.45. The second kappa shape index (κ2) is 5.81. The minimum Gasteiger partial charge on any atom is -0.394 e. The third-order valence-electron chi connectivity index (χ3n) is 4.08. The van der Waals surface area contributed by atoms with Crippen LogP contribution in [-0.2, 0) is 4.74 Å². The fraction of sp³-hybridized carbons (Fsp3) is 0.923. The van der Waals surface area contributed by atoms with Crippen LogP contribution in [0.25, 0.3) is 0 Å². The first-order valence-electron chi connectivity index (χ1n) is 6.64. The van der Waals surface area contributed by atoms with Gasteiger partial charge in [0.15, 0.2) is 0 Å². The predicted molar refractivity (Wildman–Crippen MR) is 64.4 cm³/mol. The first kappa shape index (κ1) is 12.8. The predicted octanol–water partition coefficient (Wildman–Crippen LogP) is 1.15. The average molecular weight is 238 g/mol. The summed E-state index contributed by atoms with van der Waals surface area (Å²) in [6, 6.07) is 3.18. The molecule has 4 nitrogen and oxygen atoms in total. The Balaban J connectivity index is 2.05. The van der Waals surface area contributed by atoms with Gasteiger partial charge in [-0.2, -0.15) is 5.26 Å². The molecule has 96 valence electrons. The van der Waals surface area contributed by atoms with Crippen molar-refractivity contribution >= 4 is 0 Å². The van der Waals surface area contributed by atoms with Crippen LogP contribution >= 0.6 is 0 Å². The number of nitriles is 1. The average Bonchev–Trinajstić information content (AvgIpc) is 2.39. The zero-order valence-corrected chi connectivity index (χ0v) is 10.5. The molecule has 1 N–H and O–H groups in total. The van der Waals surface area contributed by atoms with Gasteiger partial charge in [0.2, 0.25) is 0 Å². The molecule has 0 aromatic carbocycles. The minimum absolute atomic E-state index is 0.0764. The van der Waals surface area contributed by atoms with Gasteiger partial charge in [-0.05, 0) is 19.8 Å². The van der Waals surface area contributed by atoms with Gasteiger partial charge in [-0.15, -0.1) is 0 Å². The van der Waals surface area contributed by atoms with Gasteiger partial charge >= 0.3 is 0 Å². The Labute approximate surface area is 103 Å². The third-order valence-corrected chi connectivity index (χ3v) is 4.08. The van der Waals surface area contributed by atoms with Crippen LogP contribution in [0, 0.1) is 17.2 Å². The van der Waals surface area contributed by atoms with Crippen LogP contribution in [0.5, 0.6) is 0 Å². The molecule has 1 aliphatic heterocycles. The molecule has 0 aromatic heterocycles. The quantitative estimate of drug-likeness (QED) is 0.784. The molecule has 17 heavy (non-hydrogen) atoms. The summed E-state index contributed by atoms with van der Waals surface area (Å²) in [5.74, 6) is 0.156. The molecular formula is C13H22N2O2. The number of hydrogen-bond donors (Lipinski definition) is 1. The maximum atomic E-state index is 9.24. The lowest BCUT2D eigenvalue weighted by Crippen LogP contribution is -2.56. The summed E-state index contributed by atoms with van der Waals surface area (Å²) in [6.07, 6.45) is 4.45. The van der Waals surface area contributed by atoms with Crippen molar-refractivity contribution in [1.82, 2.24) is 4.90 Å². The Hall–Kier alpha value is -0.630. The van der Waals surface area contributed by atoms with E-state index in [2.05, 4.69) is 17.9 Å². The number of hydrogen-bond acceptors (Lipinski definition) is 4. The van der Waals surface area contributed by atoms with Crippen LogP contribution in [0.4, 0.5) is 0 Å². The first-order valence-corrected chi connectivity index (χ1v) is 6.64. The molecule has 2 fully saturated rings. The molecule has 4 heteroatoms. The van der Waals surface area contributed by atoms with Crippen LogP contribution in [0.15, 0.2) is 0 Å². The van der Waals surface area contributed by atoms with Crippen molar-refractivity contribution in [1.29, 1.82) is 5.26 Å². The topological polar surface area (TPSA) is 56.5 Å². The van der Waals surface area contributed by atoms with E-state index < -0.39 is 0 Å². The highest BCUT2D eigenvalue weighted by Crippen LogP contribution is 2.30.